The fourth-order valence-corrected chi connectivity index (χ4v) is 2.23. The molecule has 1 amide bonds. The van der Waals surface area contributed by atoms with Gasteiger partial charge in [0.2, 0.25) is 5.91 Å². The first-order valence-corrected chi connectivity index (χ1v) is 5.89. The fourth-order valence-electron chi connectivity index (χ4n) is 2.23. The van der Waals surface area contributed by atoms with Crippen molar-refractivity contribution in [3.63, 3.8) is 0 Å². The monoisotopic (exact) mass is 236 g/mol. The summed E-state index contributed by atoms with van der Waals surface area (Å²) < 4.78 is 1.63. The van der Waals surface area contributed by atoms with Gasteiger partial charge in [0, 0.05) is 13.0 Å². The minimum absolute atomic E-state index is 0.184. The first kappa shape index (κ1) is 11.8. The second kappa shape index (κ2) is 5.07. The molecule has 1 aromatic heterocycles. The fraction of sp³-hybridized carbons (Fsp3) is 0.636. The van der Waals surface area contributed by atoms with Gasteiger partial charge in [0.25, 0.3) is 0 Å². The molecule has 1 unspecified atom stereocenters. The zero-order valence-electron chi connectivity index (χ0n) is 9.87. The molecule has 1 aliphatic heterocycles. The molecular weight excluding hydrogens is 220 g/mol. The van der Waals surface area contributed by atoms with E-state index in [9.17, 15) is 9.59 Å². The third kappa shape index (κ3) is 2.51. The molecule has 0 radical (unpaired) electrons. The average Bonchev–Trinajstić information content (AvgIpc) is 2.97. The summed E-state index contributed by atoms with van der Waals surface area (Å²) in [6, 6.07) is 0.184. The van der Waals surface area contributed by atoms with Gasteiger partial charge in [-0.05, 0) is 12.8 Å². The van der Waals surface area contributed by atoms with E-state index in [0.29, 0.717) is 24.9 Å². The van der Waals surface area contributed by atoms with Gasteiger partial charge in [-0.3, -0.25) is 9.59 Å². The smallest absolute Gasteiger partial charge is 0.222 e. The van der Waals surface area contributed by atoms with Crippen LogP contribution in [0, 0.1) is 0 Å². The summed E-state index contributed by atoms with van der Waals surface area (Å²) >= 11 is 0. The molecule has 92 valence electrons. The highest BCUT2D eigenvalue weighted by Gasteiger charge is 2.28. The molecule has 0 saturated carbocycles. The standard InChI is InChI=1S/C11H16N4O2/c1-2-11(17)15-5-3-4-10(15)7-14-6-9(8-16)12-13-14/h6,8,10H,2-5,7H2,1H3. The number of hydrogen-bond donors (Lipinski definition) is 0. The molecule has 0 bridgehead atoms. The van der Waals surface area contributed by atoms with Crippen LogP contribution in [0.2, 0.25) is 0 Å². The lowest BCUT2D eigenvalue weighted by atomic mass is 10.2. The first-order chi connectivity index (χ1) is 8.24. The molecule has 1 aliphatic rings. The number of carbonyl (C=O) groups is 2. The van der Waals surface area contributed by atoms with Crippen molar-refractivity contribution < 1.29 is 9.59 Å². The summed E-state index contributed by atoms with van der Waals surface area (Å²) in [4.78, 5) is 24.1. The number of amides is 1. The second-order valence-electron chi connectivity index (χ2n) is 4.22. The van der Waals surface area contributed by atoms with E-state index in [0.717, 1.165) is 19.4 Å². The Bertz CT molecular complexity index is 415. The molecule has 17 heavy (non-hydrogen) atoms. The van der Waals surface area contributed by atoms with Crippen LogP contribution in [0.15, 0.2) is 6.20 Å². The van der Waals surface area contributed by atoms with E-state index in [1.807, 2.05) is 11.8 Å². The van der Waals surface area contributed by atoms with Crippen LogP contribution in [-0.4, -0.2) is 44.7 Å². The first-order valence-electron chi connectivity index (χ1n) is 5.89. The van der Waals surface area contributed by atoms with Crippen molar-refractivity contribution in [1.82, 2.24) is 19.9 Å². The zero-order chi connectivity index (χ0) is 12.3. The SMILES string of the molecule is CCC(=O)N1CCCC1Cn1cc(C=O)nn1. The Morgan fingerprint density at radius 3 is 3.12 bits per heavy atom. The molecule has 1 fully saturated rings. The Labute approximate surface area is 99.6 Å². The molecule has 1 aromatic rings. The van der Waals surface area contributed by atoms with Crippen LogP contribution < -0.4 is 0 Å². The van der Waals surface area contributed by atoms with E-state index >= 15 is 0 Å². The maximum absolute atomic E-state index is 11.7. The van der Waals surface area contributed by atoms with Crippen LogP contribution in [0.3, 0.4) is 0 Å². The third-order valence-corrected chi connectivity index (χ3v) is 3.07. The molecule has 2 heterocycles. The summed E-state index contributed by atoms with van der Waals surface area (Å²) in [6.07, 6.45) is 4.84. The summed E-state index contributed by atoms with van der Waals surface area (Å²) in [5, 5.41) is 7.58. The summed E-state index contributed by atoms with van der Waals surface area (Å²) in [6.45, 7) is 3.32. The lowest BCUT2D eigenvalue weighted by Crippen LogP contribution is -2.37. The Hall–Kier alpha value is -1.72. The minimum atomic E-state index is 0.184. The van der Waals surface area contributed by atoms with E-state index in [1.165, 1.54) is 0 Å². The third-order valence-electron chi connectivity index (χ3n) is 3.07. The largest absolute Gasteiger partial charge is 0.338 e. The molecule has 6 nitrogen and oxygen atoms in total. The maximum Gasteiger partial charge on any atom is 0.222 e. The predicted octanol–water partition coefficient (Wildman–Crippen LogP) is 0.492. The molecule has 1 atom stereocenters. The van der Waals surface area contributed by atoms with Gasteiger partial charge in [0.05, 0.1) is 18.8 Å². The minimum Gasteiger partial charge on any atom is -0.338 e. The molecule has 6 heteroatoms. The second-order valence-corrected chi connectivity index (χ2v) is 4.22. The van der Waals surface area contributed by atoms with Crippen LogP contribution in [0.4, 0.5) is 0 Å². The number of aromatic nitrogens is 3. The van der Waals surface area contributed by atoms with Gasteiger partial charge >= 0.3 is 0 Å². The number of nitrogens with zero attached hydrogens (tertiary/aromatic N) is 4. The zero-order valence-corrected chi connectivity index (χ0v) is 9.87. The number of aldehydes is 1. The Morgan fingerprint density at radius 1 is 1.65 bits per heavy atom. The van der Waals surface area contributed by atoms with E-state index < -0.39 is 0 Å². The average molecular weight is 236 g/mol. The van der Waals surface area contributed by atoms with Crippen LogP contribution in [0.25, 0.3) is 0 Å². The maximum atomic E-state index is 11.7. The highest BCUT2D eigenvalue weighted by atomic mass is 16.2. The van der Waals surface area contributed by atoms with Crippen molar-refractivity contribution in [2.45, 2.75) is 38.8 Å². The lowest BCUT2D eigenvalue weighted by molar-refractivity contribution is -0.131. The number of rotatable bonds is 4. The molecule has 0 aliphatic carbocycles. The Morgan fingerprint density at radius 2 is 2.47 bits per heavy atom. The van der Waals surface area contributed by atoms with Crippen molar-refractivity contribution >= 4 is 12.2 Å². The molecule has 1 saturated heterocycles. The van der Waals surface area contributed by atoms with Gasteiger partial charge in [-0.1, -0.05) is 12.1 Å². The van der Waals surface area contributed by atoms with Gasteiger partial charge < -0.3 is 4.90 Å². The van der Waals surface area contributed by atoms with Gasteiger partial charge in [-0.25, -0.2) is 4.68 Å². The van der Waals surface area contributed by atoms with Crippen molar-refractivity contribution in [3.8, 4) is 0 Å². The van der Waals surface area contributed by atoms with Crippen LogP contribution in [-0.2, 0) is 11.3 Å². The van der Waals surface area contributed by atoms with E-state index in [4.69, 9.17) is 0 Å². The normalized spacial score (nSPS) is 19.6. The number of likely N-dealkylation sites (tertiary alicyclic amines) is 1. The topological polar surface area (TPSA) is 68.1 Å². The summed E-state index contributed by atoms with van der Waals surface area (Å²) in [5.41, 5.74) is 0.330. The van der Waals surface area contributed by atoms with Crippen LogP contribution >= 0.6 is 0 Å². The van der Waals surface area contributed by atoms with Gasteiger partial charge in [-0.2, -0.15) is 0 Å². The van der Waals surface area contributed by atoms with Crippen molar-refractivity contribution in [1.29, 1.82) is 0 Å². The Balaban J connectivity index is 2.02. The predicted molar refractivity (Wildman–Crippen MR) is 60.4 cm³/mol. The van der Waals surface area contributed by atoms with E-state index in [1.54, 1.807) is 10.9 Å². The molecular formula is C11H16N4O2. The quantitative estimate of drug-likeness (QED) is 0.713. The summed E-state index contributed by atoms with van der Waals surface area (Å²) in [7, 11) is 0. The van der Waals surface area contributed by atoms with E-state index in [2.05, 4.69) is 10.3 Å². The molecule has 2 rings (SSSR count). The van der Waals surface area contributed by atoms with Crippen LogP contribution in [0.5, 0.6) is 0 Å². The highest BCUT2D eigenvalue weighted by Crippen LogP contribution is 2.19. The number of hydrogen-bond acceptors (Lipinski definition) is 4. The molecule has 0 aromatic carbocycles. The molecule has 0 N–H and O–H groups in total. The Kier molecular flexibility index (Phi) is 3.51. The molecule has 0 spiro atoms. The summed E-state index contributed by atoms with van der Waals surface area (Å²) in [5.74, 6) is 0.184. The van der Waals surface area contributed by atoms with E-state index in [-0.39, 0.29) is 11.9 Å². The number of carbonyl (C=O) groups excluding carboxylic acids is 2. The highest BCUT2D eigenvalue weighted by molar-refractivity contribution is 5.76. The van der Waals surface area contributed by atoms with Gasteiger partial charge in [-0.15, -0.1) is 5.10 Å². The lowest BCUT2D eigenvalue weighted by Gasteiger charge is -2.23. The van der Waals surface area contributed by atoms with Gasteiger partial charge in [0.1, 0.15) is 5.69 Å². The van der Waals surface area contributed by atoms with Gasteiger partial charge in [0.15, 0.2) is 6.29 Å². The van der Waals surface area contributed by atoms with Crippen LogP contribution in [0.1, 0.15) is 36.7 Å². The van der Waals surface area contributed by atoms with Crippen molar-refractivity contribution in [2.75, 3.05) is 6.54 Å². The van der Waals surface area contributed by atoms with Crippen molar-refractivity contribution in [3.05, 3.63) is 11.9 Å². The van der Waals surface area contributed by atoms with Crippen molar-refractivity contribution in [2.24, 2.45) is 0 Å².